The first-order valence-electron chi connectivity index (χ1n) is 7.71. The third-order valence-electron chi connectivity index (χ3n) is 5.18. The van der Waals surface area contributed by atoms with Crippen LogP contribution in [0, 0.1) is 12.3 Å². The molecule has 1 saturated carbocycles. The number of likely N-dealkylation sites (tertiary alicyclic amines) is 1. The van der Waals surface area contributed by atoms with Gasteiger partial charge < -0.3 is 19.2 Å². The molecule has 3 rings (SSSR count). The first-order chi connectivity index (χ1) is 10.1. The Hall–Kier alpha value is -1.33. The van der Waals surface area contributed by atoms with Gasteiger partial charge in [0.25, 0.3) is 5.91 Å². The molecule has 1 aromatic rings. The lowest BCUT2D eigenvalue weighted by Crippen LogP contribution is -2.62. The monoisotopic (exact) mass is 293 g/mol. The number of aryl methyl sites for hydroxylation is 1. The first-order valence-corrected chi connectivity index (χ1v) is 7.71. The van der Waals surface area contributed by atoms with E-state index >= 15 is 0 Å². The van der Waals surface area contributed by atoms with Gasteiger partial charge in [-0.05, 0) is 32.8 Å². The molecule has 1 spiro atoms. The smallest absolute Gasteiger partial charge is 0.257 e. The summed E-state index contributed by atoms with van der Waals surface area (Å²) in [4.78, 5) is 14.3. The van der Waals surface area contributed by atoms with Gasteiger partial charge in [0.1, 0.15) is 5.76 Å². The predicted octanol–water partition coefficient (Wildman–Crippen LogP) is 1.98. The van der Waals surface area contributed by atoms with E-state index in [2.05, 4.69) is 0 Å². The second kappa shape index (κ2) is 5.46. The van der Waals surface area contributed by atoms with Gasteiger partial charge in [-0.1, -0.05) is 0 Å². The molecule has 2 heterocycles. The Morgan fingerprint density at radius 1 is 1.52 bits per heavy atom. The van der Waals surface area contributed by atoms with Gasteiger partial charge in [0.15, 0.2) is 0 Å². The van der Waals surface area contributed by atoms with Crippen LogP contribution in [0.4, 0.5) is 0 Å². The summed E-state index contributed by atoms with van der Waals surface area (Å²) in [6.45, 7) is 5.81. The molecule has 1 saturated heterocycles. The highest BCUT2D eigenvalue weighted by atomic mass is 16.5. The molecule has 0 bridgehead atoms. The molecule has 5 nitrogen and oxygen atoms in total. The van der Waals surface area contributed by atoms with Crippen molar-refractivity contribution in [2.75, 3.05) is 19.7 Å². The van der Waals surface area contributed by atoms with E-state index in [9.17, 15) is 9.90 Å². The minimum absolute atomic E-state index is 0.0258. The number of ether oxygens (including phenoxy) is 1. The number of hydrogen-bond donors (Lipinski definition) is 1. The Labute approximate surface area is 124 Å². The number of carbonyl (C=O) groups is 1. The van der Waals surface area contributed by atoms with Gasteiger partial charge in [-0.25, -0.2) is 0 Å². The van der Waals surface area contributed by atoms with Crippen LogP contribution in [-0.2, 0) is 4.74 Å². The standard InChI is InChI=1S/C16H23NO4/c1-3-20-14-10-13(18)16(14)5-7-17(8-6-16)15(19)12-4-9-21-11(12)2/h4,9,13-14,18H,3,5-8,10H2,1-2H3/t13-,14+/m0/s1. The van der Waals surface area contributed by atoms with Gasteiger partial charge >= 0.3 is 0 Å². The van der Waals surface area contributed by atoms with E-state index in [1.807, 2.05) is 11.8 Å². The van der Waals surface area contributed by atoms with E-state index in [0.29, 0.717) is 31.0 Å². The summed E-state index contributed by atoms with van der Waals surface area (Å²) >= 11 is 0. The lowest BCUT2D eigenvalue weighted by atomic mass is 9.58. The normalized spacial score (nSPS) is 27.7. The maximum absolute atomic E-state index is 12.5. The zero-order valence-electron chi connectivity index (χ0n) is 12.7. The highest BCUT2D eigenvalue weighted by Crippen LogP contribution is 2.51. The molecular formula is C16H23NO4. The quantitative estimate of drug-likeness (QED) is 0.925. The van der Waals surface area contributed by atoms with Gasteiger partial charge in [0.2, 0.25) is 0 Å². The van der Waals surface area contributed by atoms with Crippen LogP contribution >= 0.6 is 0 Å². The molecule has 1 aliphatic carbocycles. The van der Waals surface area contributed by atoms with Crippen LogP contribution in [0.5, 0.6) is 0 Å². The van der Waals surface area contributed by atoms with Crippen LogP contribution in [0.2, 0.25) is 0 Å². The number of aliphatic hydroxyl groups is 1. The molecule has 0 aromatic carbocycles. The fourth-order valence-electron chi connectivity index (χ4n) is 3.72. The maximum Gasteiger partial charge on any atom is 0.257 e. The molecule has 1 aliphatic heterocycles. The van der Waals surface area contributed by atoms with Crippen LogP contribution in [-0.4, -0.2) is 47.8 Å². The largest absolute Gasteiger partial charge is 0.469 e. The summed E-state index contributed by atoms with van der Waals surface area (Å²) in [5.74, 6) is 0.689. The average molecular weight is 293 g/mol. The summed E-state index contributed by atoms with van der Waals surface area (Å²) < 4.78 is 11.0. The van der Waals surface area contributed by atoms with Crippen LogP contribution in [0.1, 0.15) is 42.3 Å². The summed E-state index contributed by atoms with van der Waals surface area (Å²) in [5.41, 5.74) is 0.500. The average Bonchev–Trinajstić information content (AvgIpc) is 2.92. The molecule has 1 aromatic heterocycles. The van der Waals surface area contributed by atoms with Crippen molar-refractivity contribution in [2.45, 2.75) is 45.3 Å². The Bertz CT molecular complexity index is 514. The molecule has 5 heteroatoms. The van der Waals surface area contributed by atoms with E-state index in [1.165, 1.54) is 0 Å². The number of furan rings is 1. The lowest BCUT2D eigenvalue weighted by Gasteiger charge is -2.56. The zero-order chi connectivity index (χ0) is 15.0. The number of carbonyl (C=O) groups excluding carboxylic acids is 1. The van der Waals surface area contributed by atoms with Gasteiger partial charge in [-0.3, -0.25) is 4.79 Å². The van der Waals surface area contributed by atoms with Gasteiger partial charge in [-0.2, -0.15) is 0 Å². The highest BCUT2D eigenvalue weighted by molar-refractivity contribution is 5.95. The third-order valence-corrected chi connectivity index (χ3v) is 5.18. The molecular weight excluding hydrogens is 270 g/mol. The van der Waals surface area contributed by atoms with Crippen LogP contribution in [0.15, 0.2) is 16.7 Å². The number of hydrogen-bond acceptors (Lipinski definition) is 4. The summed E-state index contributed by atoms with van der Waals surface area (Å²) in [5, 5.41) is 10.2. The second-order valence-electron chi connectivity index (χ2n) is 6.11. The van der Waals surface area contributed by atoms with E-state index in [4.69, 9.17) is 9.15 Å². The minimum Gasteiger partial charge on any atom is -0.469 e. The topological polar surface area (TPSA) is 62.9 Å². The van der Waals surface area contributed by atoms with Crippen molar-refractivity contribution < 1.29 is 19.1 Å². The molecule has 2 aliphatic rings. The van der Waals surface area contributed by atoms with E-state index in [0.717, 1.165) is 19.3 Å². The third kappa shape index (κ3) is 2.28. The highest BCUT2D eigenvalue weighted by Gasteiger charge is 2.56. The Kier molecular flexibility index (Phi) is 3.80. The lowest BCUT2D eigenvalue weighted by molar-refractivity contribution is -0.207. The van der Waals surface area contributed by atoms with Crippen molar-refractivity contribution in [3.63, 3.8) is 0 Å². The van der Waals surface area contributed by atoms with Gasteiger partial charge in [-0.15, -0.1) is 0 Å². The van der Waals surface area contributed by atoms with E-state index in [1.54, 1.807) is 19.3 Å². The Morgan fingerprint density at radius 2 is 2.24 bits per heavy atom. The SMILES string of the molecule is CCO[C@@H]1C[C@H](O)C12CCN(C(=O)c1ccoc1C)CC2. The van der Waals surface area contributed by atoms with Gasteiger partial charge in [0.05, 0.1) is 24.0 Å². The number of amides is 1. The fraction of sp³-hybridized carbons (Fsp3) is 0.688. The fourth-order valence-corrected chi connectivity index (χ4v) is 3.72. The van der Waals surface area contributed by atoms with Crippen molar-refractivity contribution in [1.82, 2.24) is 4.90 Å². The molecule has 2 fully saturated rings. The molecule has 0 radical (unpaired) electrons. The van der Waals surface area contributed by atoms with Crippen LogP contribution < -0.4 is 0 Å². The Balaban J connectivity index is 1.65. The molecule has 1 amide bonds. The molecule has 0 unspecified atom stereocenters. The van der Waals surface area contributed by atoms with E-state index < -0.39 is 0 Å². The molecule has 1 N–H and O–H groups in total. The predicted molar refractivity (Wildman–Crippen MR) is 77.1 cm³/mol. The first kappa shape index (κ1) is 14.6. The number of rotatable bonds is 3. The van der Waals surface area contributed by atoms with Crippen molar-refractivity contribution in [1.29, 1.82) is 0 Å². The summed E-state index contributed by atoms with van der Waals surface area (Å²) in [6.07, 6.45) is 3.74. The molecule has 116 valence electrons. The maximum atomic E-state index is 12.5. The van der Waals surface area contributed by atoms with Gasteiger partial charge in [0, 0.05) is 31.5 Å². The van der Waals surface area contributed by atoms with E-state index in [-0.39, 0.29) is 23.5 Å². The van der Waals surface area contributed by atoms with Crippen LogP contribution in [0.25, 0.3) is 0 Å². The minimum atomic E-state index is -0.290. The zero-order valence-corrected chi connectivity index (χ0v) is 12.7. The van der Waals surface area contributed by atoms with Crippen molar-refractivity contribution in [3.8, 4) is 0 Å². The number of piperidine rings is 1. The summed E-state index contributed by atoms with van der Waals surface area (Å²) in [7, 11) is 0. The van der Waals surface area contributed by atoms with Crippen molar-refractivity contribution >= 4 is 5.91 Å². The molecule has 2 atom stereocenters. The van der Waals surface area contributed by atoms with Crippen molar-refractivity contribution in [2.24, 2.45) is 5.41 Å². The van der Waals surface area contributed by atoms with Crippen LogP contribution in [0.3, 0.4) is 0 Å². The second-order valence-corrected chi connectivity index (χ2v) is 6.11. The number of aliphatic hydroxyl groups excluding tert-OH is 1. The summed E-state index contributed by atoms with van der Waals surface area (Å²) in [6, 6.07) is 1.73. The number of nitrogens with zero attached hydrogens (tertiary/aromatic N) is 1. The van der Waals surface area contributed by atoms with Crippen molar-refractivity contribution in [3.05, 3.63) is 23.7 Å². The Morgan fingerprint density at radius 3 is 2.76 bits per heavy atom. The molecule has 21 heavy (non-hydrogen) atoms.